The molecule has 0 aliphatic carbocycles. The van der Waals surface area contributed by atoms with Crippen LogP contribution in [0, 0.1) is 5.92 Å². The van der Waals surface area contributed by atoms with Crippen LogP contribution in [0.2, 0.25) is 0 Å². The molecule has 0 bridgehead atoms. The zero-order chi connectivity index (χ0) is 12.4. The Kier molecular flexibility index (Phi) is 3.52. The molecule has 0 saturated carbocycles. The van der Waals surface area contributed by atoms with Crippen molar-refractivity contribution in [2.24, 2.45) is 5.92 Å². The monoisotopic (exact) mass is 247 g/mol. The number of hydrogen-bond donors (Lipinski definition) is 0. The van der Waals surface area contributed by atoms with Gasteiger partial charge >= 0.3 is 0 Å². The van der Waals surface area contributed by atoms with E-state index in [0.717, 1.165) is 44.4 Å². The SMILES string of the molecule is COc1ccc2c(c1)CCN(C[C@H]1CCOC1)C2. The lowest BCUT2D eigenvalue weighted by Gasteiger charge is -2.30. The maximum absolute atomic E-state index is 5.46. The summed E-state index contributed by atoms with van der Waals surface area (Å²) >= 11 is 0. The molecule has 1 atom stereocenters. The molecule has 3 heteroatoms. The van der Waals surface area contributed by atoms with E-state index < -0.39 is 0 Å². The van der Waals surface area contributed by atoms with Crippen LogP contribution >= 0.6 is 0 Å². The lowest BCUT2D eigenvalue weighted by molar-refractivity contribution is 0.162. The van der Waals surface area contributed by atoms with Crippen LogP contribution in [0.15, 0.2) is 18.2 Å². The summed E-state index contributed by atoms with van der Waals surface area (Å²) in [4.78, 5) is 2.56. The summed E-state index contributed by atoms with van der Waals surface area (Å²) in [6, 6.07) is 6.47. The molecule has 1 aromatic rings. The predicted molar refractivity (Wildman–Crippen MR) is 70.9 cm³/mol. The van der Waals surface area contributed by atoms with Crippen molar-refractivity contribution in [3.63, 3.8) is 0 Å². The van der Waals surface area contributed by atoms with E-state index in [1.807, 2.05) is 0 Å². The van der Waals surface area contributed by atoms with E-state index in [9.17, 15) is 0 Å². The summed E-state index contributed by atoms with van der Waals surface area (Å²) in [6.45, 7) is 5.33. The lowest BCUT2D eigenvalue weighted by Crippen LogP contribution is -2.34. The topological polar surface area (TPSA) is 21.7 Å². The average Bonchev–Trinajstić information content (AvgIpc) is 2.91. The Labute approximate surface area is 109 Å². The molecule has 0 N–H and O–H groups in total. The second kappa shape index (κ2) is 5.29. The first-order valence-corrected chi connectivity index (χ1v) is 6.81. The van der Waals surface area contributed by atoms with Gasteiger partial charge in [0.05, 0.1) is 13.7 Å². The second-order valence-corrected chi connectivity index (χ2v) is 5.35. The molecule has 0 spiro atoms. The van der Waals surface area contributed by atoms with Crippen LogP contribution in [-0.2, 0) is 17.7 Å². The summed E-state index contributed by atoms with van der Waals surface area (Å²) in [5.74, 6) is 1.72. The van der Waals surface area contributed by atoms with E-state index in [0.29, 0.717) is 0 Å². The molecule has 1 aromatic carbocycles. The quantitative estimate of drug-likeness (QED) is 0.816. The summed E-state index contributed by atoms with van der Waals surface area (Å²) in [7, 11) is 1.73. The zero-order valence-corrected chi connectivity index (χ0v) is 11.0. The first-order chi connectivity index (χ1) is 8.85. The fourth-order valence-corrected chi connectivity index (χ4v) is 2.96. The van der Waals surface area contributed by atoms with Crippen molar-refractivity contribution in [1.29, 1.82) is 0 Å². The van der Waals surface area contributed by atoms with E-state index in [-0.39, 0.29) is 0 Å². The van der Waals surface area contributed by atoms with Gasteiger partial charge in [-0.1, -0.05) is 6.07 Å². The highest BCUT2D eigenvalue weighted by Gasteiger charge is 2.22. The van der Waals surface area contributed by atoms with Crippen LogP contribution in [-0.4, -0.2) is 38.3 Å². The molecular formula is C15H21NO2. The van der Waals surface area contributed by atoms with Gasteiger partial charge in [-0.05, 0) is 42.0 Å². The van der Waals surface area contributed by atoms with Crippen molar-refractivity contribution in [3.8, 4) is 5.75 Å². The Hall–Kier alpha value is -1.06. The highest BCUT2D eigenvalue weighted by atomic mass is 16.5. The normalized spacial score (nSPS) is 23.9. The molecule has 18 heavy (non-hydrogen) atoms. The minimum atomic E-state index is 0.741. The number of benzene rings is 1. The Morgan fingerprint density at radius 1 is 1.39 bits per heavy atom. The van der Waals surface area contributed by atoms with Gasteiger partial charge in [-0.15, -0.1) is 0 Å². The fourth-order valence-electron chi connectivity index (χ4n) is 2.96. The number of nitrogens with zero attached hydrogens (tertiary/aromatic N) is 1. The number of fused-ring (bicyclic) bond motifs is 1. The Balaban J connectivity index is 1.65. The van der Waals surface area contributed by atoms with Crippen LogP contribution in [0.4, 0.5) is 0 Å². The van der Waals surface area contributed by atoms with E-state index >= 15 is 0 Å². The number of methoxy groups -OCH3 is 1. The van der Waals surface area contributed by atoms with Crippen molar-refractivity contribution in [3.05, 3.63) is 29.3 Å². The molecular weight excluding hydrogens is 226 g/mol. The second-order valence-electron chi connectivity index (χ2n) is 5.35. The van der Waals surface area contributed by atoms with Crippen molar-refractivity contribution < 1.29 is 9.47 Å². The lowest BCUT2D eigenvalue weighted by atomic mass is 9.98. The standard InChI is InChI=1S/C15H21NO2/c1-17-15-3-2-14-10-16(6-4-13(14)8-15)9-12-5-7-18-11-12/h2-3,8,12H,4-7,9-11H2,1H3/t12-/m1/s1. The minimum Gasteiger partial charge on any atom is -0.497 e. The number of ether oxygens (including phenoxy) is 2. The molecule has 2 heterocycles. The molecule has 3 rings (SSSR count). The van der Waals surface area contributed by atoms with Crippen molar-refractivity contribution >= 4 is 0 Å². The first kappa shape index (κ1) is 12.0. The Morgan fingerprint density at radius 2 is 2.33 bits per heavy atom. The highest BCUT2D eigenvalue weighted by molar-refractivity contribution is 5.37. The van der Waals surface area contributed by atoms with Crippen LogP contribution < -0.4 is 4.74 Å². The van der Waals surface area contributed by atoms with Gasteiger partial charge in [0.15, 0.2) is 0 Å². The summed E-state index contributed by atoms with van der Waals surface area (Å²) < 4.78 is 10.7. The Morgan fingerprint density at radius 3 is 3.11 bits per heavy atom. The molecule has 0 unspecified atom stereocenters. The Bertz CT molecular complexity index is 413. The van der Waals surface area contributed by atoms with Crippen molar-refractivity contribution in [2.45, 2.75) is 19.4 Å². The predicted octanol–water partition coefficient (Wildman–Crippen LogP) is 2.09. The van der Waals surface area contributed by atoms with Gasteiger partial charge in [0.2, 0.25) is 0 Å². The van der Waals surface area contributed by atoms with Gasteiger partial charge < -0.3 is 9.47 Å². The third-order valence-electron chi connectivity index (χ3n) is 4.05. The van der Waals surface area contributed by atoms with Gasteiger partial charge in [0.25, 0.3) is 0 Å². The third-order valence-corrected chi connectivity index (χ3v) is 4.05. The van der Waals surface area contributed by atoms with Gasteiger partial charge in [-0.3, -0.25) is 4.90 Å². The van der Waals surface area contributed by atoms with E-state index in [4.69, 9.17) is 9.47 Å². The summed E-state index contributed by atoms with van der Waals surface area (Å²) in [5, 5.41) is 0. The summed E-state index contributed by atoms with van der Waals surface area (Å²) in [6.07, 6.45) is 2.37. The maximum Gasteiger partial charge on any atom is 0.119 e. The molecule has 98 valence electrons. The molecule has 0 radical (unpaired) electrons. The number of rotatable bonds is 3. The fraction of sp³-hybridized carbons (Fsp3) is 0.600. The third kappa shape index (κ3) is 2.52. The van der Waals surface area contributed by atoms with E-state index in [1.165, 1.54) is 24.1 Å². The molecule has 3 nitrogen and oxygen atoms in total. The van der Waals surface area contributed by atoms with Crippen LogP contribution in [0.3, 0.4) is 0 Å². The van der Waals surface area contributed by atoms with Gasteiger partial charge in [0.1, 0.15) is 5.75 Å². The van der Waals surface area contributed by atoms with Gasteiger partial charge in [-0.25, -0.2) is 0 Å². The highest BCUT2D eigenvalue weighted by Crippen LogP contribution is 2.25. The molecule has 2 aliphatic heterocycles. The molecule has 0 aromatic heterocycles. The first-order valence-electron chi connectivity index (χ1n) is 6.81. The van der Waals surface area contributed by atoms with Crippen LogP contribution in [0.5, 0.6) is 5.75 Å². The maximum atomic E-state index is 5.46. The zero-order valence-electron chi connectivity index (χ0n) is 11.0. The molecule has 0 amide bonds. The van der Waals surface area contributed by atoms with E-state index in [1.54, 1.807) is 7.11 Å². The molecule has 1 fully saturated rings. The minimum absolute atomic E-state index is 0.741. The average molecular weight is 247 g/mol. The molecule has 2 aliphatic rings. The summed E-state index contributed by atoms with van der Waals surface area (Å²) in [5.41, 5.74) is 2.91. The number of hydrogen-bond acceptors (Lipinski definition) is 3. The van der Waals surface area contributed by atoms with Crippen molar-refractivity contribution in [2.75, 3.05) is 33.4 Å². The van der Waals surface area contributed by atoms with E-state index in [2.05, 4.69) is 23.1 Å². The van der Waals surface area contributed by atoms with Crippen molar-refractivity contribution in [1.82, 2.24) is 4.90 Å². The van der Waals surface area contributed by atoms with Gasteiger partial charge in [-0.2, -0.15) is 0 Å². The van der Waals surface area contributed by atoms with Gasteiger partial charge in [0, 0.05) is 26.2 Å². The molecule has 1 saturated heterocycles. The van der Waals surface area contributed by atoms with Crippen LogP contribution in [0.25, 0.3) is 0 Å². The largest absolute Gasteiger partial charge is 0.497 e. The smallest absolute Gasteiger partial charge is 0.119 e. The van der Waals surface area contributed by atoms with Crippen LogP contribution in [0.1, 0.15) is 17.5 Å².